The summed E-state index contributed by atoms with van der Waals surface area (Å²) in [6, 6.07) is 3.11. The molecule has 0 bridgehead atoms. The highest BCUT2D eigenvalue weighted by atomic mass is 16.8. The summed E-state index contributed by atoms with van der Waals surface area (Å²) in [5.41, 5.74) is 0.448. The molecule has 15 nitrogen and oxygen atoms in total. The van der Waals surface area contributed by atoms with Gasteiger partial charge in [0.1, 0.15) is 43.2 Å². The molecule has 0 spiro atoms. The van der Waals surface area contributed by atoms with Crippen LogP contribution < -0.4 is 14.2 Å². The lowest BCUT2D eigenvalue weighted by molar-refractivity contribution is -0.383. The van der Waals surface area contributed by atoms with Gasteiger partial charge in [0.05, 0.1) is 34.5 Å². The zero-order valence-electron chi connectivity index (χ0n) is 21.4. The minimum atomic E-state index is -2.38. The Labute approximate surface area is 223 Å². The summed E-state index contributed by atoms with van der Waals surface area (Å²) in [4.78, 5) is 12.7. The molecule has 9 atom stereocenters. The van der Waals surface area contributed by atoms with Crippen molar-refractivity contribution in [3.05, 3.63) is 23.8 Å². The van der Waals surface area contributed by atoms with Crippen molar-refractivity contribution in [2.24, 2.45) is 0 Å². The summed E-state index contributed by atoms with van der Waals surface area (Å²) in [6.07, 6.45) is -11.1. The number of carbonyl (C=O) groups excluding carboxylic acids is 1. The molecule has 0 amide bonds. The lowest BCUT2D eigenvalue weighted by Crippen LogP contribution is -2.63. The van der Waals surface area contributed by atoms with Crippen LogP contribution in [-0.4, -0.2) is 138 Å². The summed E-state index contributed by atoms with van der Waals surface area (Å²) in [7, 11) is 4.27. The normalized spacial score (nSPS) is 34.7. The summed E-state index contributed by atoms with van der Waals surface area (Å²) in [6.45, 7) is -2.59. The highest BCUT2D eigenvalue weighted by Gasteiger charge is 2.60. The van der Waals surface area contributed by atoms with Crippen LogP contribution in [0.4, 0.5) is 0 Å². The zero-order valence-corrected chi connectivity index (χ0v) is 21.4. The van der Waals surface area contributed by atoms with Gasteiger partial charge >= 0.3 is 5.97 Å². The van der Waals surface area contributed by atoms with Gasteiger partial charge < -0.3 is 68.9 Å². The van der Waals surface area contributed by atoms with E-state index in [0.717, 1.165) is 6.08 Å². The van der Waals surface area contributed by atoms with E-state index in [2.05, 4.69) is 0 Å². The maximum Gasteiger partial charge on any atom is 0.331 e. The number of hydrogen-bond donors (Lipinski definition) is 7. The molecule has 1 aromatic rings. The summed E-state index contributed by atoms with van der Waals surface area (Å²) in [5.74, 6) is -2.43. The SMILES string of the molecule is COc1cc(/C=C/C(=O)O[C@@H]2[C@@H](O)[C@H](CO)O[C@]2(CO)O[C@@H]2O[C@@H](CO)[C@H](O)[C@@H](O)[C@@H]2O)cc(OC)c1OC. The van der Waals surface area contributed by atoms with Crippen molar-refractivity contribution < 1.29 is 73.7 Å². The largest absolute Gasteiger partial charge is 0.493 e. The molecular formula is C24H34O15. The Hall–Kier alpha value is -2.57. The molecule has 2 fully saturated rings. The molecule has 1 aromatic carbocycles. The smallest absolute Gasteiger partial charge is 0.331 e. The van der Waals surface area contributed by atoms with Crippen molar-refractivity contribution in [1.29, 1.82) is 0 Å². The first-order valence-electron chi connectivity index (χ1n) is 11.8. The van der Waals surface area contributed by atoms with Crippen LogP contribution in [-0.2, 0) is 23.7 Å². The predicted molar refractivity (Wildman–Crippen MR) is 128 cm³/mol. The van der Waals surface area contributed by atoms with Crippen molar-refractivity contribution in [3.63, 3.8) is 0 Å². The number of aliphatic hydroxyl groups is 7. The average molecular weight is 563 g/mol. The topological polar surface area (TPSA) is 223 Å². The fourth-order valence-corrected chi connectivity index (χ4v) is 4.30. The minimum absolute atomic E-state index is 0.322. The van der Waals surface area contributed by atoms with Gasteiger partial charge in [-0.1, -0.05) is 0 Å². The number of aliphatic hydroxyl groups excluding tert-OH is 7. The molecule has 2 aliphatic rings. The van der Waals surface area contributed by atoms with Crippen molar-refractivity contribution >= 4 is 12.0 Å². The van der Waals surface area contributed by atoms with Crippen molar-refractivity contribution in [2.75, 3.05) is 41.2 Å². The van der Waals surface area contributed by atoms with E-state index in [1.54, 1.807) is 12.1 Å². The van der Waals surface area contributed by atoms with Crippen LogP contribution in [0.1, 0.15) is 5.56 Å². The summed E-state index contributed by atoms with van der Waals surface area (Å²) in [5, 5.41) is 70.3. The van der Waals surface area contributed by atoms with Gasteiger partial charge in [0, 0.05) is 6.08 Å². The van der Waals surface area contributed by atoms with Crippen LogP contribution in [0.15, 0.2) is 18.2 Å². The number of esters is 1. The van der Waals surface area contributed by atoms with Crippen LogP contribution in [0, 0.1) is 0 Å². The molecule has 39 heavy (non-hydrogen) atoms. The monoisotopic (exact) mass is 562 g/mol. The Morgan fingerprint density at radius 2 is 1.51 bits per heavy atom. The van der Waals surface area contributed by atoms with Crippen LogP contribution in [0.3, 0.4) is 0 Å². The van der Waals surface area contributed by atoms with Crippen molar-refractivity contribution in [3.8, 4) is 17.2 Å². The number of ether oxygens (including phenoxy) is 7. The number of methoxy groups -OCH3 is 3. The Kier molecular flexibility index (Phi) is 10.5. The molecule has 0 saturated carbocycles. The first-order valence-corrected chi connectivity index (χ1v) is 11.8. The van der Waals surface area contributed by atoms with E-state index in [9.17, 15) is 40.5 Å². The standard InChI is InChI=1S/C24H34O15/c1-33-12-6-11(7-13(34-2)21(12)35-3)4-5-16(28)37-22-18(30)15(9-26)38-24(22,10-27)39-23-20(32)19(31)17(29)14(8-25)36-23/h4-7,14-15,17-20,22-23,25-27,29-32H,8-10H2,1-3H3/b5-4+/t14-,15-,17-,18-,19+,20-,22+,23-,24+/m0/s1. The summed E-state index contributed by atoms with van der Waals surface area (Å²) >= 11 is 0. The van der Waals surface area contributed by atoms with Crippen LogP contribution >= 0.6 is 0 Å². The van der Waals surface area contributed by atoms with Gasteiger partial charge in [0.25, 0.3) is 0 Å². The van der Waals surface area contributed by atoms with Gasteiger partial charge in [-0.05, 0) is 23.8 Å². The molecule has 0 aliphatic carbocycles. The maximum atomic E-state index is 12.7. The second-order valence-corrected chi connectivity index (χ2v) is 8.76. The third-order valence-electron chi connectivity index (χ3n) is 6.38. The molecule has 7 N–H and O–H groups in total. The summed E-state index contributed by atoms with van der Waals surface area (Å²) < 4.78 is 37.5. The highest BCUT2D eigenvalue weighted by Crippen LogP contribution is 2.39. The lowest BCUT2D eigenvalue weighted by atomic mass is 9.99. The van der Waals surface area contributed by atoms with Gasteiger partial charge in [0.15, 0.2) is 23.9 Å². The van der Waals surface area contributed by atoms with E-state index in [1.807, 2.05) is 0 Å². The molecule has 15 heteroatoms. The molecule has 0 unspecified atom stereocenters. The van der Waals surface area contributed by atoms with E-state index >= 15 is 0 Å². The Morgan fingerprint density at radius 3 is 2.03 bits per heavy atom. The molecule has 0 aromatic heterocycles. The quantitative estimate of drug-likeness (QED) is 0.105. The Balaban J connectivity index is 1.84. The molecule has 220 valence electrons. The van der Waals surface area contributed by atoms with Crippen molar-refractivity contribution in [1.82, 2.24) is 0 Å². The second-order valence-electron chi connectivity index (χ2n) is 8.76. The maximum absolute atomic E-state index is 12.7. The number of hydrogen-bond acceptors (Lipinski definition) is 15. The van der Waals surface area contributed by atoms with Gasteiger partial charge in [-0.15, -0.1) is 0 Å². The van der Waals surface area contributed by atoms with Crippen LogP contribution in [0.25, 0.3) is 6.08 Å². The van der Waals surface area contributed by atoms with E-state index < -0.39 is 80.6 Å². The third kappa shape index (κ3) is 6.28. The predicted octanol–water partition coefficient (Wildman–Crippen LogP) is -3.11. The van der Waals surface area contributed by atoms with Crippen LogP contribution in [0.5, 0.6) is 17.2 Å². The number of benzene rings is 1. The molecule has 0 radical (unpaired) electrons. The van der Waals surface area contributed by atoms with Crippen LogP contribution in [0.2, 0.25) is 0 Å². The molecule has 2 heterocycles. The molecule has 2 saturated heterocycles. The fraction of sp³-hybridized carbons (Fsp3) is 0.625. The highest BCUT2D eigenvalue weighted by molar-refractivity contribution is 5.87. The molecular weight excluding hydrogens is 528 g/mol. The average Bonchev–Trinajstić information content (AvgIpc) is 3.21. The van der Waals surface area contributed by atoms with Gasteiger partial charge in [0.2, 0.25) is 11.5 Å². The Bertz CT molecular complexity index is 975. The van der Waals surface area contributed by atoms with E-state index in [4.69, 9.17) is 33.2 Å². The van der Waals surface area contributed by atoms with Gasteiger partial charge in [-0.3, -0.25) is 0 Å². The molecule has 2 aliphatic heterocycles. The Morgan fingerprint density at radius 1 is 0.897 bits per heavy atom. The molecule has 3 rings (SSSR count). The number of rotatable bonds is 11. The second kappa shape index (κ2) is 13.2. The minimum Gasteiger partial charge on any atom is -0.493 e. The van der Waals surface area contributed by atoms with E-state index in [-0.39, 0.29) is 0 Å². The van der Waals surface area contributed by atoms with E-state index in [1.165, 1.54) is 27.4 Å². The first kappa shape index (κ1) is 31.0. The lowest BCUT2D eigenvalue weighted by Gasteiger charge is -2.43. The van der Waals surface area contributed by atoms with E-state index in [0.29, 0.717) is 22.8 Å². The first-order chi connectivity index (χ1) is 18.6. The third-order valence-corrected chi connectivity index (χ3v) is 6.38. The number of carbonyl (C=O) groups is 1. The zero-order chi connectivity index (χ0) is 28.9. The van der Waals surface area contributed by atoms with Gasteiger partial charge in [-0.25, -0.2) is 4.79 Å². The van der Waals surface area contributed by atoms with Crippen molar-refractivity contribution in [2.45, 2.75) is 54.8 Å². The fourth-order valence-electron chi connectivity index (χ4n) is 4.30. The van der Waals surface area contributed by atoms with Gasteiger partial charge in [-0.2, -0.15) is 0 Å².